The fourth-order valence-electron chi connectivity index (χ4n) is 3.03. The molecule has 0 bridgehead atoms. The van der Waals surface area contributed by atoms with Crippen LogP contribution in [0.5, 0.6) is 0 Å². The number of aliphatic hydroxyl groups is 1. The number of methoxy groups -OCH3 is 1. The predicted molar refractivity (Wildman–Crippen MR) is 79.5 cm³/mol. The molecule has 0 aromatic carbocycles. The number of ether oxygens (including phenoxy) is 1. The van der Waals surface area contributed by atoms with Crippen LogP contribution < -0.4 is 10.6 Å². The molecule has 0 aromatic heterocycles. The van der Waals surface area contributed by atoms with Gasteiger partial charge in [-0.25, -0.2) is 0 Å². The summed E-state index contributed by atoms with van der Waals surface area (Å²) in [6.07, 6.45) is 2.23. The number of carbonyl (C=O) groups is 1. The number of nitrogens with one attached hydrogen (secondary N) is 2. The van der Waals surface area contributed by atoms with E-state index in [4.69, 9.17) is 4.74 Å². The summed E-state index contributed by atoms with van der Waals surface area (Å²) < 4.78 is 5.25. The summed E-state index contributed by atoms with van der Waals surface area (Å²) in [5.74, 6) is 0.401. The van der Waals surface area contributed by atoms with Gasteiger partial charge in [0.1, 0.15) is 0 Å². The van der Waals surface area contributed by atoms with Crippen LogP contribution in [0.1, 0.15) is 40.0 Å². The van der Waals surface area contributed by atoms with Crippen molar-refractivity contribution in [2.45, 2.75) is 45.6 Å². The molecule has 0 saturated carbocycles. The van der Waals surface area contributed by atoms with Crippen LogP contribution in [0.4, 0.5) is 0 Å². The second-order valence-corrected chi connectivity index (χ2v) is 6.74. The van der Waals surface area contributed by atoms with Crippen LogP contribution in [0.2, 0.25) is 0 Å². The van der Waals surface area contributed by atoms with Crippen LogP contribution in [0.25, 0.3) is 0 Å². The third kappa shape index (κ3) is 5.04. The molecule has 1 atom stereocenters. The molecule has 1 saturated heterocycles. The van der Waals surface area contributed by atoms with Gasteiger partial charge in [-0.2, -0.15) is 0 Å². The minimum absolute atomic E-state index is 0.00452. The van der Waals surface area contributed by atoms with E-state index in [0.29, 0.717) is 25.5 Å². The second kappa shape index (κ2) is 7.38. The molecule has 118 valence electrons. The van der Waals surface area contributed by atoms with Crippen LogP contribution in [-0.4, -0.2) is 50.0 Å². The van der Waals surface area contributed by atoms with E-state index in [1.54, 1.807) is 14.0 Å². The molecule has 1 amide bonds. The quantitative estimate of drug-likeness (QED) is 0.651. The monoisotopic (exact) mass is 286 g/mol. The Labute approximate surface area is 122 Å². The predicted octanol–water partition coefficient (Wildman–Crippen LogP) is 0.916. The highest BCUT2D eigenvalue weighted by Crippen LogP contribution is 2.29. The van der Waals surface area contributed by atoms with Crippen molar-refractivity contribution in [2.75, 3.05) is 33.4 Å². The molecule has 1 heterocycles. The lowest BCUT2D eigenvalue weighted by Crippen LogP contribution is -2.53. The van der Waals surface area contributed by atoms with Gasteiger partial charge in [0.15, 0.2) is 0 Å². The molecule has 5 nitrogen and oxygen atoms in total. The van der Waals surface area contributed by atoms with Crippen molar-refractivity contribution in [3.63, 3.8) is 0 Å². The van der Waals surface area contributed by atoms with Gasteiger partial charge in [-0.05, 0) is 45.2 Å². The van der Waals surface area contributed by atoms with Crippen molar-refractivity contribution in [1.29, 1.82) is 0 Å². The van der Waals surface area contributed by atoms with Gasteiger partial charge in [-0.1, -0.05) is 13.8 Å². The highest BCUT2D eigenvalue weighted by atomic mass is 16.5. The molecule has 0 spiro atoms. The Balaban J connectivity index is 2.58. The highest BCUT2D eigenvalue weighted by molar-refractivity contribution is 5.83. The first kappa shape index (κ1) is 17.4. The number of carbonyl (C=O) groups excluding carboxylic acids is 1. The van der Waals surface area contributed by atoms with Gasteiger partial charge in [0.25, 0.3) is 0 Å². The molecule has 0 aliphatic carbocycles. The summed E-state index contributed by atoms with van der Waals surface area (Å²) in [7, 11) is 1.63. The topological polar surface area (TPSA) is 70.6 Å². The summed E-state index contributed by atoms with van der Waals surface area (Å²) in [6.45, 7) is 8.30. The van der Waals surface area contributed by atoms with Gasteiger partial charge >= 0.3 is 0 Å². The van der Waals surface area contributed by atoms with E-state index in [1.807, 2.05) is 0 Å². The molecule has 1 aliphatic heterocycles. The SMILES string of the molecule is COCC1(C(=O)NCC(C)(O)CC(C)C)CCNCC1. The van der Waals surface area contributed by atoms with E-state index in [2.05, 4.69) is 24.5 Å². The van der Waals surface area contributed by atoms with Crippen molar-refractivity contribution in [3.05, 3.63) is 0 Å². The summed E-state index contributed by atoms with van der Waals surface area (Å²) in [5, 5.41) is 16.5. The van der Waals surface area contributed by atoms with Crippen molar-refractivity contribution in [1.82, 2.24) is 10.6 Å². The minimum Gasteiger partial charge on any atom is -0.388 e. The molecule has 20 heavy (non-hydrogen) atoms. The van der Waals surface area contributed by atoms with Gasteiger partial charge < -0.3 is 20.5 Å². The average molecular weight is 286 g/mol. The van der Waals surface area contributed by atoms with E-state index >= 15 is 0 Å². The van der Waals surface area contributed by atoms with Crippen LogP contribution in [0.15, 0.2) is 0 Å². The Morgan fingerprint density at radius 2 is 2.05 bits per heavy atom. The Morgan fingerprint density at radius 3 is 2.55 bits per heavy atom. The lowest BCUT2D eigenvalue weighted by molar-refractivity contribution is -0.137. The fourth-order valence-corrected chi connectivity index (χ4v) is 3.03. The maximum Gasteiger partial charge on any atom is 0.228 e. The van der Waals surface area contributed by atoms with Gasteiger partial charge in [-0.3, -0.25) is 4.79 Å². The molecule has 0 radical (unpaired) electrons. The van der Waals surface area contributed by atoms with E-state index in [-0.39, 0.29) is 5.91 Å². The van der Waals surface area contributed by atoms with Gasteiger partial charge in [0.05, 0.1) is 17.6 Å². The number of amides is 1. The van der Waals surface area contributed by atoms with E-state index in [0.717, 1.165) is 25.9 Å². The van der Waals surface area contributed by atoms with E-state index in [9.17, 15) is 9.90 Å². The molecule has 0 aromatic rings. The molecule has 1 rings (SSSR count). The maximum absolute atomic E-state index is 12.5. The molecule has 3 N–H and O–H groups in total. The Bertz CT molecular complexity index is 305. The lowest BCUT2D eigenvalue weighted by atomic mass is 9.78. The molecule has 5 heteroatoms. The maximum atomic E-state index is 12.5. The normalized spacial score (nSPS) is 21.5. The number of hydrogen-bond acceptors (Lipinski definition) is 4. The zero-order valence-electron chi connectivity index (χ0n) is 13.3. The van der Waals surface area contributed by atoms with Gasteiger partial charge in [-0.15, -0.1) is 0 Å². The van der Waals surface area contributed by atoms with E-state index in [1.165, 1.54) is 0 Å². The molecule has 1 aliphatic rings. The Morgan fingerprint density at radius 1 is 1.45 bits per heavy atom. The third-order valence-corrected chi connectivity index (χ3v) is 3.94. The van der Waals surface area contributed by atoms with Crippen molar-refractivity contribution in [3.8, 4) is 0 Å². The summed E-state index contributed by atoms with van der Waals surface area (Å²) >= 11 is 0. The third-order valence-electron chi connectivity index (χ3n) is 3.94. The second-order valence-electron chi connectivity index (χ2n) is 6.74. The molecule has 1 fully saturated rings. The van der Waals surface area contributed by atoms with Gasteiger partial charge in [0, 0.05) is 13.7 Å². The molecule has 1 unspecified atom stereocenters. The molecular formula is C15H30N2O3. The first-order valence-electron chi connectivity index (χ1n) is 7.52. The zero-order chi connectivity index (χ0) is 15.2. The lowest BCUT2D eigenvalue weighted by Gasteiger charge is -2.36. The summed E-state index contributed by atoms with van der Waals surface area (Å²) in [6, 6.07) is 0. The molecular weight excluding hydrogens is 256 g/mol. The number of hydrogen-bond donors (Lipinski definition) is 3. The summed E-state index contributed by atoms with van der Waals surface area (Å²) in [4.78, 5) is 12.5. The van der Waals surface area contributed by atoms with E-state index < -0.39 is 11.0 Å². The van der Waals surface area contributed by atoms with Crippen LogP contribution in [0.3, 0.4) is 0 Å². The Hall–Kier alpha value is -0.650. The van der Waals surface area contributed by atoms with Crippen molar-refractivity contribution in [2.24, 2.45) is 11.3 Å². The van der Waals surface area contributed by atoms with Gasteiger partial charge in [0.2, 0.25) is 5.91 Å². The van der Waals surface area contributed by atoms with Crippen molar-refractivity contribution < 1.29 is 14.6 Å². The van der Waals surface area contributed by atoms with Crippen LogP contribution >= 0.6 is 0 Å². The standard InChI is InChI=1S/C15H30N2O3/c1-12(2)9-14(3,19)10-17-13(18)15(11-20-4)5-7-16-8-6-15/h12,16,19H,5-11H2,1-4H3,(H,17,18). The first-order valence-corrected chi connectivity index (χ1v) is 7.52. The van der Waals surface area contributed by atoms with Crippen molar-refractivity contribution >= 4 is 5.91 Å². The zero-order valence-corrected chi connectivity index (χ0v) is 13.3. The average Bonchev–Trinajstić information content (AvgIpc) is 2.36. The largest absolute Gasteiger partial charge is 0.388 e. The minimum atomic E-state index is -0.856. The fraction of sp³-hybridized carbons (Fsp3) is 0.933. The van der Waals surface area contributed by atoms with Crippen LogP contribution in [0, 0.1) is 11.3 Å². The highest BCUT2D eigenvalue weighted by Gasteiger charge is 2.40. The number of rotatable bonds is 7. The van der Waals surface area contributed by atoms with Crippen LogP contribution in [-0.2, 0) is 9.53 Å². The first-order chi connectivity index (χ1) is 9.31. The smallest absolute Gasteiger partial charge is 0.228 e. The summed E-state index contributed by atoms with van der Waals surface area (Å²) in [5.41, 5.74) is -1.31. The number of piperidine rings is 1. The Kier molecular flexibility index (Phi) is 6.43.